The van der Waals surface area contributed by atoms with Crippen LogP contribution in [-0.2, 0) is 11.3 Å². The summed E-state index contributed by atoms with van der Waals surface area (Å²) in [5.74, 6) is -1.38. The molecule has 0 aliphatic rings. The van der Waals surface area contributed by atoms with Crippen LogP contribution in [0, 0.1) is 18.6 Å². The van der Waals surface area contributed by atoms with Crippen LogP contribution in [-0.4, -0.2) is 22.6 Å². The molecule has 0 fully saturated rings. The minimum absolute atomic E-state index is 0.175. The molecule has 8 heteroatoms. The Bertz CT molecular complexity index is 1080. The van der Waals surface area contributed by atoms with Crippen LogP contribution in [0.4, 0.5) is 14.5 Å². The molecule has 0 aliphatic heterocycles. The smallest absolute Gasteiger partial charge is 0.254 e. The van der Waals surface area contributed by atoms with Gasteiger partial charge in [-0.25, -0.2) is 13.8 Å². The molecule has 2 aromatic carbocycles. The second-order valence-electron chi connectivity index (χ2n) is 6.05. The summed E-state index contributed by atoms with van der Waals surface area (Å²) < 4.78 is 33.1. The minimum Gasteiger partial charge on any atom is -0.497 e. The van der Waals surface area contributed by atoms with Gasteiger partial charge in [0.05, 0.1) is 12.8 Å². The third-order valence-corrected chi connectivity index (χ3v) is 3.99. The van der Waals surface area contributed by atoms with E-state index in [-0.39, 0.29) is 12.2 Å². The van der Waals surface area contributed by atoms with E-state index < -0.39 is 23.1 Å². The summed E-state index contributed by atoms with van der Waals surface area (Å²) in [5.41, 5.74) is 0.512. The minimum atomic E-state index is -0.905. The number of anilines is 1. The van der Waals surface area contributed by atoms with Gasteiger partial charge >= 0.3 is 0 Å². The van der Waals surface area contributed by atoms with Crippen molar-refractivity contribution in [1.29, 1.82) is 0 Å². The number of rotatable bonds is 5. The van der Waals surface area contributed by atoms with Crippen molar-refractivity contribution in [2.24, 2.45) is 0 Å². The van der Waals surface area contributed by atoms with Crippen molar-refractivity contribution in [2.75, 3.05) is 12.4 Å². The average molecular weight is 385 g/mol. The number of carbonyl (C=O) groups is 1. The number of benzene rings is 2. The summed E-state index contributed by atoms with van der Waals surface area (Å²) in [5, 5.41) is 2.34. The molecule has 6 nitrogen and oxygen atoms in total. The number of amides is 1. The van der Waals surface area contributed by atoms with Gasteiger partial charge in [0.1, 0.15) is 29.8 Å². The van der Waals surface area contributed by atoms with Crippen LogP contribution >= 0.6 is 0 Å². The van der Waals surface area contributed by atoms with Gasteiger partial charge in [0.25, 0.3) is 5.56 Å². The van der Waals surface area contributed by atoms with Gasteiger partial charge in [-0.2, -0.15) is 0 Å². The molecule has 0 radical (unpaired) electrons. The lowest BCUT2D eigenvalue weighted by Gasteiger charge is -2.13. The van der Waals surface area contributed by atoms with Crippen LogP contribution in [0.3, 0.4) is 0 Å². The van der Waals surface area contributed by atoms with Gasteiger partial charge in [-0.1, -0.05) is 0 Å². The standard InChI is InChI=1S/C20H17F2N3O3/c1-12-9-19(27)25(20(23-12)13-3-6-15(28-2)7-4-13)11-18(26)24-17-8-5-14(21)10-16(17)22/h3-10H,11H2,1-2H3,(H,24,26). The summed E-state index contributed by atoms with van der Waals surface area (Å²) in [6, 6.07) is 11.0. The maximum absolute atomic E-state index is 13.7. The Morgan fingerprint density at radius 3 is 2.50 bits per heavy atom. The van der Waals surface area contributed by atoms with Crippen molar-refractivity contribution in [3.63, 3.8) is 0 Å². The van der Waals surface area contributed by atoms with E-state index in [1.54, 1.807) is 31.2 Å². The first kappa shape index (κ1) is 19.2. The zero-order valence-corrected chi connectivity index (χ0v) is 15.2. The molecular formula is C20H17F2N3O3. The van der Waals surface area contributed by atoms with Gasteiger partial charge in [0.15, 0.2) is 0 Å². The van der Waals surface area contributed by atoms with Crippen molar-refractivity contribution in [1.82, 2.24) is 9.55 Å². The highest BCUT2D eigenvalue weighted by Crippen LogP contribution is 2.20. The van der Waals surface area contributed by atoms with Crippen LogP contribution < -0.4 is 15.6 Å². The lowest BCUT2D eigenvalue weighted by molar-refractivity contribution is -0.116. The maximum Gasteiger partial charge on any atom is 0.254 e. The SMILES string of the molecule is COc1ccc(-c2nc(C)cc(=O)n2CC(=O)Nc2ccc(F)cc2F)cc1. The van der Waals surface area contributed by atoms with Crippen LogP contribution in [0.1, 0.15) is 5.69 Å². The van der Waals surface area contributed by atoms with Gasteiger partial charge in [-0.15, -0.1) is 0 Å². The van der Waals surface area contributed by atoms with E-state index in [0.29, 0.717) is 28.9 Å². The Kier molecular flexibility index (Phi) is 5.49. The molecule has 28 heavy (non-hydrogen) atoms. The molecule has 3 rings (SSSR count). The number of carbonyl (C=O) groups excluding carboxylic acids is 1. The normalized spacial score (nSPS) is 10.6. The third kappa shape index (κ3) is 4.22. The molecule has 1 N–H and O–H groups in total. The average Bonchev–Trinajstić information content (AvgIpc) is 2.66. The molecular weight excluding hydrogens is 368 g/mol. The Hall–Kier alpha value is -3.55. The maximum atomic E-state index is 13.7. The van der Waals surface area contributed by atoms with Crippen LogP contribution in [0.5, 0.6) is 5.75 Å². The van der Waals surface area contributed by atoms with Crippen LogP contribution in [0.2, 0.25) is 0 Å². The zero-order valence-electron chi connectivity index (χ0n) is 15.2. The molecule has 0 spiro atoms. The fraction of sp³-hybridized carbons (Fsp3) is 0.150. The molecule has 0 unspecified atom stereocenters. The molecule has 0 aliphatic carbocycles. The molecule has 0 bridgehead atoms. The second kappa shape index (κ2) is 7.99. The number of nitrogens with zero attached hydrogens (tertiary/aromatic N) is 2. The summed E-state index contributed by atoms with van der Waals surface area (Å²) in [7, 11) is 1.54. The largest absolute Gasteiger partial charge is 0.497 e. The van der Waals surface area contributed by atoms with Crippen molar-refractivity contribution < 1.29 is 18.3 Å². The van der Waals surface area contributed by atoms with Gasteiger partial charge in [-0.05, 0) is 43.3 Å². The zero-order chi connectivity index (χ0) is 20.3. The van der Waals surface area contributed by atoms with Crippen LogP contribution in [0.15, 0.2) is 53.3 Å². The first-order valence-electron chi connectivity index (χ1n) is 8.35. The van der Waals surface area contributed by atoms with Crippen molar-refractivity contribution in [3.05, 3.63) is 76.2 Å². The number of ether oxygens (including phenoxy) is 1. The first-order valence-corrected chi connectivity index (χ1v) is 8.35. The number of nitrogens with one attached hydrogen (secondary N) is 1. The molecule has 3 aromatic rings. The second-order valence-corrected chi connectivity index (χ2v) is 6.05. The summed E-state index contributed by atoms with van der Waals surface area (Å²) in [4.78, 5) is 29.2. The Morgan fingerprint density at radius 1 is 1.14 bits per heavy atom. The number of aromatic nitrogens is 2. The molecule has 144 valence electrons. The van der Waals surface area contributed by atoms with Gasteiger partial charge in [0, 0.05) is 23.4 Å². The van der Waals surface area contributed by atoms with Crippen LogP contribution in [0.25, 0.3) is 11.4 Å². The van der Waals surface area contributed by atoms with E-state index in [4.69, 9.17) is 4.74 Å². The van der Waals surface area contributed by atoms with Crippen molar-refractivity contribution in [3.8, 4) is 17.1 Å². The number of methoxy groups -OCH3 is 1. The lowest BCUT2D eigenvalue weighted by Crippen LogP contribution is -2.29. The van der Waals surface area contributed by atoms with Crippen molar-refractivity contribution >= 4 is 11.6 Å². The molecule has 1 amide bonds. The first-order chi connectivity index (χ1) is 13.4. The number of aryl methyl sites for hydroxylation is 1. The molecule has 0 saturated heterocycles. The highest BCUT2D eigenvalue weighted by atomic mass is 19.1. The summed E-state index contributed by atoms with van der Waals surface area (Å²) in [6.07, 6.45) is 0. The quantitative estimate of drug-likeness (QED) is 0.732. The van der Waals surface area contributed by atoms with E-state index in [1.165, 1.54) is 17.7 Å². The van der Waals surface area contributed by atoms with E-state index in [0.717, 1.165) is 12.1 Å². The van der Waals surface area contributed by atoms with Gasteiger partial charge in [0.2, 0.25) is 5.91 Å². The molecule has 1 aromatic heterocycles. The summed E-state index contributed by atoms with van der Waals surface area (Å²) in [6.45, 7) is 1.29. The predicted octanol–water partition coefficient (Wildman–Crippen LogP) is 3.14. The number of halogens is 2. The Labute approximate surface area is 159 Å². The predicted molar refractivity (Wildman–Crippen MR) is 100 cm³/mol. The van der Waals surface area contributed by atoms with Gasteiger partial charge < -0.3 is 10.1 Å². The monoisotopic (exact) mass is 385 g/mol. The lowest BCUT2D eigenvalue weighted by atomic mass is 10.2. The molecule has 1 heterocycles. The van der Waals surface area contributed by atoms with Gasteiger partial charge in [-0.3, -0.25) is 14.2 Å². The van der Waals surface area contributed by atoms with E-state index in [2.05, 4.69) is 10.3 Å². The fourth-order valence-corrected chi connectivity index (χ4v) is 2.66. The summed E-state index contributed by atoms with van der Waals surface area (Å²) >= 11 is 0. The fourth-order valence-electron chi connectivity index (χ4n) is 2.66. The van der Waals surface area contributed by atoms with E-state index in [1.807, 2.05) is 0 Å². The van der Waals surface area contributed by atoms with Crippen molar-refractivity contribution in [2.45, 2.75) is 13.5 Å². The topological polar surface area (TPSA) is 73.2 Å². The number of hydrogen-bond donors (Lipinski definition) is 1. The highest BCUT2D eigenvalue weighted by Gasteiger charge is 2.15. The Morgan fingerprint density at radius 2 is 1.86 bits per heavy atom. The van der Waals surface area contributed by atoms with E-state index >= 15 is 0 Å². The molecule has 0 saturated carbocycles. The number of hydrogen-bond acceptors (Lipinski definition) is 4. The third-order valence-electron chi connectivity index (χ3n) is 3.99. The highest BCUT2D eigenvalue weighted by molar-refractivity contribution is 5.90. The Balaban J connectivity index is 1.92. The van der Waals surface area contributed by atoms with E-state index in [9.17, 15) is 18.4 Å². The molecule has 0 atom stereocenters.